The number of quaternary nitrogens is 1. The number of hydrogen-bond acceptors (Lipinski definition) is 5. The topological polar surface area (TPSA) is 79.8 Å². The van der Waals surface area contributed by atoms with E-state index in [9.17, 15) is 9.59 Å². The molecule has 2 heterocycles. The van der Waals surface area contributed by atoms with Crippen molar-refractivity contribution in [1.29, 1.82) is 0 Å². The van der Waals surface area contributed by atoms with Crippen LogP contribution < -0.4 is 4.90 Å². The summed E-state index contributed by atoms with van der Waals surface area (Å²) in [7, 11) is -0.596. The lowest BCUT2D eigenvalue weighted by Crippen LogP contribution is -3.16. The largest absolute Gasteiger partial charge is 0.702 e. The Morgan fingerprint density at radius 3 is 2.26 bits per heavy atom. The lowest BCUT2D eigenvalue weighted by Gasteiger charge is -2.32. The van der Waals surface area contributed by atoms with E-state index in [1.54, 1.807) is 6.92 Å². The first-order chi connectivity index (χ1) is 12.3. The SMILES string of the molecule is CCOC(=O)C1=C(B2OC(C)(C)C(C)(C)O2)CC[NH+](C(=[OH+])OC(C)(C)C)C1. The average Bonchev–Trinajstić information content (AvgIpc) is 2.73. The van der Waals surface area contributed by atoms with Gasteiger partial charge in [-0.2, -0.15) is 4.90 Å². The second kappa shape index (κ2) is 7.56. The number of nitrogens with one attached hydrogen (secondary N) is 1. The molecule has 1 amide bonds. The maximum absolute atomic E-state index is 12.6. The van der Waals surface area contributed by atoms with Crippen molar-refractivity contribution in [1.82, 2.24) is 0 Å². The van der Waals surface area contributed by atoms with E-state index < -0.39 is 29.9 Å². The van der Waals surface area contributed by atoms with Gasteiger partial charge in [-0.1, -0.05) is 0 Å². The molecule has 1 fully saturated rings. The molecular formula is C19H34BNO6+2. The van der Waals surface area contributed by atoms with Gasteiger partial charge in [0, 0.05) is 27.2 Å². The van der Waals surface area contributed by atoms with Crippen LogP contribution >= 0.6 is 0 Å². The smallest absolute Gasteiger partial charge is 0.462 e. The molecular weight excluding hydrogens is 349 g/mol. The maximum Gasteiger partial charge on any atom is 0.702 e. The van der Waals surface area contributed by atoms with E-state index in [0.29, 0.717) is 23.4 Å². The number of ether oxygens (including phenoxy) is 2. The van der Waals surface area contributed by atoms with Crippen LogP contribution in [-0.4, -0.2) is 60.5 Å². The standard InChI is InChI=1S/C19H32BNO6/c1-9-24-15(22)13-12-21(16(23)25-17(2,3)4)11-10-14(13)20-26-18(5,6)19(7,8)27-20/h9-12H2,1-8H3/p+2. The van der Waals surface area contributed by atoms with Crippen LogP contribution in [0.4, 0.5) is 0 Å². The highest BCUT2D eigenvalue weighted by Crippen LogP contribution is 2.39. The Morgan fingerprint density at radius 1 is 1.22 bits per heavy atom. The molecule has 1 saturated heterocycles. The molecule has 1 atom stereocenters. The molecule has 0 aromatic rings. The van der Waals surface area contributed by atoms with Gasteiger partial charge in [-0.05, 0) is 40.1 Å². The zero-order valence-electron chi connectivity index (χ0n) is 17.9. The van der Waals surface area contributed by atoms with Gasteiger partial charge < -0.3 is 14.0 Å². The highest BCUT2D eigenvalue weighted by Gasteiger charge is 2.54. The van der Waals surface area contributed by atoms with E-state index in [1.165, 1.54) is 0 Å². The van der Waals surface area contributed by atoms with Gasteiger partial charge in [0.05, 0.1) is 29.9 Å². The Morgan fingerprint density at radius 2 is 1.78 bits per heavy atom. The van der Waals surface area contributed by atoms with E-state index in [4.69, 9.17) is 18.8 Å². The summed E-state index contributed by atoms with van der Waals surface area (Å²) < 4.78 is 23.1. The van der Waals surface area contributed by atoms with Crippen molar-refractivity contribution in [2.45, 2.75) is 78.6 Å². The summed E-state index contributed by atoms with van der Waals surface area (Å²) in [5.74, 6) is -0.400. The van der Waals surface area contributed by atoms with E-state index in [1.807, 2.05) is 48.5 Å². The van der Waals surface area contributed by atoms with Gasteiger partial charge >= 0.3 is 19.2 Å². The minimum absolute atomic E-state index is 0.114. The molecule has 8 heteroatoms. The first-order valence-electron chi connectivity index (χ1n) is 9.62. The number of carbonyl (C=O) groups excluding carboxylic acids is 2. The van der Waals surface area contributed by atoms with E-state index in [0.717, 1.165) is 5.47 Å². The van der Waals surface area contributed by atoms with Crippen LogP contribution in [0.25, 0.3) is 0 Å². The number of carbonyl (C=O) groups is 1. The third-order valence-electron chi connectivity index (χ3n) is 5.24. The van der Waals surface area contributed by atoms with Crippen LogP contribution in [0.15, 0.2) is 11.0 Å². The molecule has 152 valence electrons. The Hall–Kier alpha value is -1.38. The van der Waals surface area contributed by atoms with Crippen molar-refractivity contribution in [2.24, 2.45) is 0 Å². The number of rotatable bonds is 3. The molecule has 1 unspecified atom stereocenters. The first kappa shape index (κ1) is 21.9. The number of alkyl carbamates (subject to hydrolysis) is 2. The molecule has 7 nitrogen and oxygen atoms in total. The predicted octanol–water partition coefficient (Wildman–Crippen LogP) is 1.04. The van der Waals surface area contributed by atoms with Gasteiger partial charge in [-0.15, -0.1) is 0 Å². The van der Waals surface area contributed by atoms with Crippen molar-refractivity contribution >= 4 is 19.2 Å². The average molecular weight is 383 g/mol. The summed E-state index contributed by atoms with van der Waals surface area (Å²) in [5.41, 5.74) is -0.215. The molecule has 2 rings (SSSR count). The molecule has 0 aromatic carbocycles. The van der Waals surface area contributed by atoms with Crippen LogP contribution in [0.2, 0.25) is 0 Å². The summed E-state index contributed by atoms with van der Waals surface area (Å²) in [6.45, 7) is 16.4. The summed E-state index contributed by atoms with van der Waals surface area (Å²) in [4.78, 5) is 23.7. The Bertz CT molecular complexity index is 619. The second-order valence-corrected chi connectivity index (χ2v) is 9.11. The Kier molecular flexibility index (Phi) is 6.14. The fourth-order valence-electron chi connectivity index (χ4n) is 3.06. The third kappa shape index (κ3) is 4.92. The molecule has 0 aromatic heterocycles. The third-order valence-corrected chi connectivity index (χ3v) is 5.24. The van der Waals surface area contributed by atoms with Crippen LogP contribution in [0.3, 0.4) is 0 Å². The minimum atomic E-state index is -0.596. The van der Waals surface area contributed by atoms with E-state index in [-0.39, 0.29) is 19.2 Å². The summed E-state index contributed by atoms with van der Waals surface area (Å²) in [6.07, 6.45) is 0.426. The van der Waals surface area contributed by atoms with Gasteiger partial charge in [0.1, 0.15) is 6.54 Å². The van der Waals surface area contributed by atoms with Gasteiger partial charge in [0.2, 0.25) is 5.60 Å². The monoisotopic (exact) mass is 383 g/mol. The van der Waals surface area contributed by atoms with Crippen molar-refractivity contribution in [3.8, 4) is 0 Å². The number of esters is 1. The van der Waals surface area contributed by atoms with Crippen molar-refractivity contribution in [3.63, 3.8) is 0 Å². The predicted molar refractivity (Wildman–Crippen MR) is 103 cm³/mol. The molecule has 2 N–H and O–H groups in total. The number of amides is 1. The van der Waals surface area contributed by atoms with Gasteiger partial charge in [-0.3, -0.25) is 9.53 Å². The zero-order valence-corrected chi connectivity index (χ0v) is 17.9. The minimum Gasteiger partial charge on any atom is -0.462 e. The normalized spacial score (nSPS) is 24.7. The molecule has 2 aliphatic rings. The molecule has 27 heavy (non-hydrogen) atoms. The highest BCUT2D eigenvalue weighted by molar-refractivity contribution is 6.55. The fourth-order valence-corrected chi connectivity index (χ4v) is 3.06. The van der Waals surface area contributed by atoms with Crippen LogP contribution in [0, 0.1) is 0 Å². The zero-order chi connectivity index (χ0) is 20.6. The fraction of sp³-hybridized carbons (Fsp3) is 0.789. The molecule has 2 aliphatic heterocycles. The first-order valence-corrected chi connectivity index (χ1v) is 9.62. The quantitative estimate of drug-likeness (QED) is 0.448. The summed E-state index contributed by atoms with van der Waals surface area (Å²) >= 11 is 0. The molecule has 0 aliphatic carbocycles. The molecule has 0 radical (unpaired) electrons. The lowest BCUT2D eigenvalue weighted by atomic mass is 9.71. The maximum atomic E-state index is 12.6. The van der Waals surface area contributed by atoms with Crippen molar-refractivity contribution in [2.75, 3.05) is 19.7 Å². The number of hydrogen-bond donors (Lipinski definition) is 1. The summed E-state index contributed by atoms with van der Waals surface area (Å²) in [5, 5.41) is 0. The molecule has 0 bridgehead atoms. The Balaban J connectivity index is 2.29. The van der Waals surface area contributed by atoms with E-state index in [2.05, 4.69) is 0 Å². The van der Waals surface area contributed by atoms with Crippen LogP contribution in [0.1, 0.15) is 61.8 Å². The highest BCUT2D eigenvalue weighted by atomic mass is 16.7. The van der Waals surface area contributed by atoms with Crippen LogP contribution in [-0.2, 0) is 23.6 Å². The Labute approximate surface area is 162 Å². The molecule has 0 saturated carbocycles. The van der Waals surface area contributed by atoms with Gasteiger partial charge in [0.25, 0.3) is 0 Å². The van der Waals surface area contributed by atoms with E-state index >= 15 is 0 Å². The summed E-state index contributed by atoms with van der Waals surface area (Å²) in [6, 6.07) is 0. The van der Waals surface area contributed by atoms with Crippen molar-refractivity contribution in [3.05, 3.63) is 11.0 Å². The van der Waals surface area contributed by atoms with Crippen LogP contribution in [0.5, 0.6) is 0 Å². The molecule has 0 spiro atoms. The van der Waals surface area contributed by atoms with Crippen molar-refractivity contribution < 1.29 is 33.3 Å². The van der Waals surface area contributed by atoms with Gasteiger partial charge in [-0.25, -0.2) is 4.79 Å². The second-order valence-electron chi connectivity index (χ2n) is 9.11. The lowest BCUT2D eigenvalue weighted by molar-refractivity contribution is -0.817. The van der Waals surface area contributed by atoms with Gasteiger partial charge in [0.15, 0.2) is 0 Å².